The highest BCUT2D eigenvalue weighted by molar-refractivity contribution is 5.10. The lowest BCUT2D eigenvalue weighted by atomic mass is 9.87. The third kappa shape index (κ3) is 0.807. The monoisotopic (exact) mass is 137 g/mol. The van der Waals surface area contributed by atoms with Crippen molar-refractivity contribution in [3.63, 3.8) is 0 Å². The van der Waals surface area contributed by atoms with Crippen LogP contribution in [0.3, 0.4) is 0 Å². The Morgan fingerprint density at radius 1 is 1.60 bits per heavy atom. The highest BCUT2D eigenvalue weighted by atomic mass is 15.0. The lowest BCUT2D eigenvalue weighted by Gasteiger charge is -2.21. The van der Waals surface area contributed by atoms with Gasteiger partial charge in [0.25, 0.3) is 0 Å². The van der Waals surface area contributed by atoms with Crippen LogP contribution in [-0.2, 0) is 0 Å². The molecule has 0 aromatic heterocycles. The minimum absolute atomic E-state index is 0.569. The molecular formula is C9H15N. The zero-order valence-electron chi connectivity index (χ0n) is 6.56. The Morgan fingerprint density at radius 2 is 2.50 bits per heavy atom. The van der Waals surface area contributed by atoms with Crippen molar-refractivity contribution in [2.24, 2.45) is 5.41 Å². The summed E-state index contributed by atoms with van der Waals surface area (Å²) in [5, 5.41) is 3.53. The highest BCUT2D eigenvalue weighted by Gasteiger charge is 2.42. The minimum Gasteiger partial charge on any atom is -0.313 e. The lowest BCUT2D eigenvalue weighted by Crippen LogP contribution is -2.28. The van der Waals surface area contributed by atoms with Crippen LogP contribution in [0.15, 0.2) is 12.2 Å². The number of nitrogens with one attached hydrogen (secondary N) is 1. The van der Waals surface area contributed by atoms with Gasteiger partial charge in [-0.3, -0.25) is 0 Å². The minimum atomic E-state index is 0.569. The Kier molecular flexibility index (Phi) is 1.34. The summed E-state index contributed by atoms with van der Waals surface area (Å²) in [6.07, 6.45) is 8.79. The molecule has 1 N–H and O–H groups in total. The van der Waals surface area contributed by atoms with E-state index in [1.54, 1.807) is 0 Å². The van der Waals surface area contributed by atoms with Crippen LogP contribution in [0.25, 0.3) is 0 Å². The average molecular weight is 137 g/mol. The predicted molar refractivity (Wildman–Crippen MR) is 42.9 cm³/mol. The van der Waals surface area contributed by atoms with Gasteiger partial charge in [0.1, 0.15) is 0 Å². The van der Waals surface area contributed by atoms with Gasteiger partial charge in [0.05, 0.1) is 0 Å². The van der Waals surface area contributed by atoms with E-state index < -0.39 is 0 Å². The molecule has 1 aliphatic carbocycles. The summed E-state index contributed by atoms with van der Waals surface area (Å²) in [6.45, 7) is 3.35. The second kappa shape index (κ2) is 2.09. The van der Waals surface area contributed by atoms with Crippen molar-refractivity contribution in [3.05, 3.63) is 12.2 Å². The molecule has 2 bridgehead atoms. The average Bonchev–Trinajstić information content (AvgIpc) is 2.46. The van der Waals surface area contributed by atoms with E-state index in [-0.39, 0.29) is 0 Å². The lowest BCUT2D eigenvalue weighted by molar-refractivity contribution is 0.404. The normalized spacial score (nSPS) is 45.5. The molecule has 1 heterocycles. The molecule has 2 aliphatic rings. The smallest absolute Gasteiger partial charge is 0.00764 e. The SMILES string of the molecule is C/C=C/C12CCC(C1)NC2. The second-order valence-electron chi connectivity index (χ2n) is 3.68. The van der Waals surface area contributed by atoms with Crippen molar-refractivity contribution in [2.45, 2.75) is 32.2 Å². The van der Waals surface area contributed by atoms with E-state index in [1.165, 1.54) is 25.8 Å². The topological polar surface area (TPSA) is 12.0 Å². The van der Waals surface area contributed by atoms with Gasteiger partial charge in [0.2, 0.25) is 0 Å². The summed E-state index contributed by atoms with van der Waals surface area (Å²) in [5.74, 6) is 0. The summed E-state index contributed by atoms with van der Waals surface area (Å²) < 4.78 is 0. The van der Waals surface area contributed by atoms with E-state index in [0.29, 0.717) is 5.41 Å². The first-order valence-corrected chi connectivity index (χ1v) is 4.22. The van der Waals surface area contributed by atoms with Crippen molar-refractivity contribution in [1.29, 1.82) is 0 Å². The zero-order chi connectivity index (χ0) is 7.03. The van der Waals surface area contributed by atoms with Gasteiger partial charge in [-0.2, -0.15) is 0 Å². The van der Waals surface area contributed by atoms with Crippen LogP contribution in [0.2, 0.25) is 0 Å². The number of rotatable bonds is 1. The summed E-state index contributed by atoms with van der Waals surface area (Å²) >= 11 is 0. The molecule has 1 saturated heterocycles. The van der Waals surface area contributed by atoms with E-state index in [1.807, 2.05) is 0 Å². The first-order chi connectivity index (χ1) is 4.85. The Hall–Kier alpha value is -0.300. The van der Waals surface area contributed by atoms with Crippen LogP contribution in [-0.4, -0.2) is 12.6 Å². The third-order valence-corrected chi connectivity index (χ3v) is 2.91. The molecule has 2 unspecified atom stereocenters. The molecule has 0 aromatic rings. The Balaban J connectivity index is 2.15. The van der Waals surface area contributed by atoms with Gasteiger partial charge in [-0.25, -0.2) is 0 Å². The maximum Gasteiger partial charge on any atom is 0.00764 e. The van der Waals surface area contributed by atoms with Crippen LogP contribution < -0.4 is 5.32 Å². The maximum atomic E-state index is 3.53. The van der Waals surface area contributed by atoms with Crippen molar-refractivity contribution < 1.29 is 0 Å². The van der Waals surface area contributed by atoms with E-state index >= 15 is 0 Å². The Bertz CT molecular complexity index is 152. The van der Waals surface area contributed by atoms with Gasteiger partial charge in [0.15, 0.2) is 0 Å². The zero-order valence-corrected chi connectivity index (χ0v) is 6.56. The fourth-order valence-electron chi connectivity index (χ4n) is 2.40. The molecule has 1 saturated carbocycles. The molecular weight excluding hydrogens is 122 g/mol. The van der Waals surface area contributed by atoms with Crippen molar-refractivity contribution in [1.82, 2.24) is 5.32 Å². The van der Waals surface area contributed by atoms with Crippen molar-refractivity contribution in [2.75, 3.05) is 6.54 Å². The molecule has 0 radical (unpaired) electrons. The second-order valence-corrected chi connectivity index (χ2v) is 3.68. The predicted octanol–water partition coefficient (Wildman–Crippen LogP) is 1.70. The Labute approximate surface area is 62.5 Å². The molecule has 1 aliphatic heterocycles. The van der Waals surface area contributed by atoms with Gasteiger partial charge < -0.3 is 5.32 Å². The van der Waals surface area contributed by atoms with E-state index in [4.69, 9.17) is 0 Å². The number of hydrogen-bond acceptors (Lipinski definition) is 1. The molecule has 1 heteroatoms. The van der Waals surface area contributed by atoms with Crippen LogP contribution in [0.4, 0.5) is 0 Å². The Morgan fingerprint density at radius 3 is 2.90 bits per heavy atom. The summed E-state index contributed by atoms with van der Waals surface area (Å²) in [5.41, 5.74) is 0.569. The van der Waals surface area contributed by atoms with Crippen LogP contribution in [0, 0.1) is 5.41 Å². The number of fused-ring (bicyclic) bond motifs is 2. The first kappa shape index (κ1) is 6.41. The molecule has 0 amide bonds. The molecule has 56 valence electrons. The quantitative estimate of drug-likeness (QED) is 0.542. The maximum absolute atomic E-state index is 3.53. The molecule has 2 atom stereocenters. The van der Waals surface area contributed by atoms with E-state index in [0.717, 1.165) is 6.04 Å². The van der Waals surface area contributed by atoms with Crippen molar-refractivity contribution in [3.8, 4) is 0 Å². The standard InChI is InChI=1S/C9H15N/c1-2-4-9-5-3-8(6-9)10-7-9/h2,4,8,10H,3,5-7H2,1H3/b4-2+. The third-order valence-electron chi connectivity index (χ3n) is 2.91. The molecule has 0 aromatic carbocycles. The molecule has 2 rings (SSSR count). The number of hydrogen-bond donors (Lipinski definition) is 1. The van der Waals surface area contributed by atoms with Gasteiger partial charge in [-0.15, -0.1) is 0 Å². The fraction of sp³-hybridized carbons (Fsp3) is 0.778. The van der Waals surface area contributed by atoms with Gasteiger partial charge in [-0.05, 0) is 26.2 Å². The van der Waals surface area contributed by atoms with Crippen LogP contribution >= 0.6 is 0 Å². The van der Waals surface area contributed by atoms with Gasteiger partial charge in [0, 0.05) is 18.0 Å². The van der Waals surface area contributed by atoms with Crippen molar-refractivity contribution >= 4 is 0 Å². The fourth-order valence-corrected chi connectivity index (χ4v) is 2.40. The highest BCUT2D eigenvalue weighted by Crippen LogP contribution is 2.43. The first-order valence-electron chi connectivity index (χ1n) is 4.22. The van der Waals surface area contributed by atoms with Crippen LogP contribution in [0.5, 0.6) is 0 Å². The van der Waals surface area contributed by atoms with Crippen LogP contribution in [0.1, 0.15) is 26.2 Å². The molecule has 0 spiro atoms. The summed E-state index contributed by atoms with van der Waals surface area (Å²) in [4.78, 5) is 0. The molecule has 10 heavy (non-hydrogen) atoms. The molecule has 1 nitrogen and oxygen atoms in total. The van der Waals surface area contributed by atoms with Gasteiger partial charge in [-0.1, -0.05) is 12.2 Å². The number of piperidine rings is 1. The largest absolute Gasteiger partial charge is 0.313 e. The summed E-state index contributed by atoms with van der Waals surface area (Å²) in [6, 6.07) is 0.844. The molecule has 2 fully saturated rings. The van der Waals surface area contributed by atoms with E-state index in [9.17, 15) is 0 Å². The summed E-state index contributed by atoms with van der Waals surface area (Å²) in [7, 11) is 0. The van der Waals surface area contributed by atoms with E-state index in [2.05, 4.69) is 24.4 Å². The van der Waals surface area contributed by atoms with Gasteiger partial charge >= 0.3 is 0 Å². The number of allylic oxidation sites excluding steroid dienone is 1.